The number of methoxy groups -OCH3 is 1. The van der Waals surface area contributed by atoms with E-state index in [1.807, 2.05) is 36.0 Å². The van der Waals surface area contributed by atoms with Crippen LogP contribution in [0.1, 0.15) is 30.9 Å². The van der Waals surface area contributed by atoms with Gasteiger partial charge in [-0.2, -0.15) is 11.8 Å². The molecule has 0 spiro atoms. The molecule has 7 rings (SSSR count). The number of pyridine rings is 1. The lowest BCUT2D eigenvalue weighted by Gasteiger charge is -2.51. The molecule has 0 saturated carbocycles. The Morgan fingerprint density at radius 1 is 1.25 bits per heavy atom. The highest BCUT2D eigenvalue weighted by Gasteiger charge is 2.43. The van der Waals surface area contributed by atoms with Crippen LogP contribution in [0.15, 0.2) is 47.2 Å². The van der Waals surface area contributed by atoms with Crippen LogP contribution in [0.5, 0.6) is 5.75 Å². The maximum absolute atomic E-state index is 11.5. The Labute approximate surface area is 235 Å². The average molecular weight is 565 g/mol. The van der Waals surface area contributed by atoms with Crippen molar-refractivity contribution in [3.63, 3.8) is 0 Å². The number of anilines is 1. The third-order valence-corrected chi connectivity index (χ3v) is 9.40. The molecule has 3 saturated heterocycles. The molecule has 12 heteroatoms. The first-order valence-electron chi connectivity index (χ1n) is 13.6. The van der Waals surface area contributed by atoms with Crippen molar-refractivity contribution in [2.24, 2.45) is 11.8 Å². The molecule has 40 heavy (non-hydrogen) atoms. The molecule has 0 aliphatic carbocycles. The Morgan fingerprint density at radius 2 is 2.12 bits per heavy atom. The van der Waals surface area contributed by atoms with Gasteiger partial charge in [-0.1, -0.05) is 0 Å². The van der Waals surface area contributed by atoms with Crippen LogP contribution in [0.2, 0.25) is 0 Å². The van der Waals surface area contributed by atoms with Crippen molar-refractivity contribution >= 4 is 45.1 Å². The number of aromatic nitrogens is 3. The zero-order chi connectivity index (χ0) is 27.6. The van der Waals surface area contributed by atoms with Gasteiger partial charge in [0.25, 0.3) is 0 Å². The number of rotatable bonds is 11. The fourth-order valence-electron chi connectivity index (χ4n) is 6.31. The third-order valence-electron chi connectivity index (χ3n) is 8.39. The predicted molar refractivity (Wildman–Crippen MR) is 154 cm³/mol. The van der Waals surface area contributed by atoms with Crippen LogP contribution >= 0.6 is 11.8 Å². The maximum atomic E-state index is 11.5. The number of nitro groups is 1. The second-order valence-electron chi connectivity index (χ2n) is 10.5. The van der Waals surface area contributed by atoms with E-state index in [0.29, 0.717) is 29.6 Å². The smallest absolute Gasteiger partial charge is 0.300 e. The van der Waals surface area contributed by atoms with E-state index in [0.717, 1.165) is 59.7 Å². The van der Waals surface area contributed by atoms with Crippen LogP contribution in [0.3, 0.4) is 0 Å². The van der Waals surface area contributed by atoms with Crippen LogP contribution in [0.25, 0.3) is 21.9 Å². The monoisotopic (exact) mass is 564 g/mol. The lowest BCUT2D eigenvalue weighted by molar-refractivity contribution is -0.383. The minimum Gasteiger partial charge on any atom is -0.497 e. The first kappa shape index (κ1) is 26.7. The Hall–Kier alpha value is -3.48. The first-order valence-corrected chi connectivity index (χ1v) is 14.7. The summed E-state index contributed by atoms with van der Waals surface area (Å²) in [4.78, 5) is 17.6. The van der Waals surface area contributed by atoms with Crippen LogP contribution in [-0.2, 0) is 0 Å². The van der Waals surface area contributed by atoms with E-state index >= 15 is 0 Å². The minimum atomic E-state index is -0.562. The second kappa shape index (κ2) is 11.6. The fraction of sp³-hybridized carbons (Fsp3) is 0.464. The summed E-state index contributed by atoms with van der Waals surface area (Å²) in [5.41, 5.74) is 2.90. The van der Waals surface area contributed by atoms with E-state index in [-0.39, 0.29) is 17.2 Å². The molecule has 1 unspecified atom stereocenters. The van der Waals surface area contributed by atoms with Gasteiger partial charge in [-0.05, 0) is 89.6 Å². The SMILES string of the molecule is COc1ccc2nccc([C@@H](O)[C@@H]3C[C@@H]4CCN3C[C@@H]4CCSCCNc3ccc([N+](=O)[O-])c4nonc34)c2c1. The molecule has 3 aliphatic heterocycles. The lowest BCUT2D eigenvalue weighted by Crippen LogP contribution is -2.55. The van der Waals surface area contributed by atoms with Gasteiger partial charge in [0.1, 0.15) is 5.75 Å². The number of ether oxygens (including phenoxy) is 1. The third kappa shape index (κ3) is 5.18. The van der Waals surface area contributed by atoms with E-state index in [1.165, 1.54) is 12.5 Å². The van der Waals surface area contributed by atoms with Gasteiger partial charge in [-0.15, -0.1) is 0 Å². The van der Waals surface area contributed by atoms with E-state index in [1.54, 1.807) is 19.4 Å². The van der Waals surface area contributed by atoms with Crippen LogP contribution in [-0.4, -0.2) is 74.5 Å². The molecule has 5 heterocycles. The normalized spacial score (nSPS) is 22.9. The molecule has 5 atom stereocenters. The number of piperidine rings is 3. The van der Waals surface area contributed by atoms with Gasteiger partial charge in [0.2, 0.25) is 5.52 Å². The number of benzene rings is 2. The summed E-state index contributed by atoms with van der Waals surface area (Å²) in [7, 11) is 1.65. The number of aliphatic hydroxyl groups is 1. The zero-order valence-corrected chi connectivity index (χ0v) is 23.0. The number of fused-ring (bicyclic) bond motifs is 5. The number of nitrogens with zero attached hydrogens (tertiary/aromatic N) is 5. The molecule has 11 nitrogen and oxygen atoms in total. The molecule has 0 amide bonds. The Kier molecular flexibility index (Phi) is 7.72. The van der Waals surface area contributed by atoms with Crippen molar-refractivity contribution < 1.29 is 19.4 Å². The number of nitrogens with one attached hydrogen (secondary N) is 1. The minimum absolute atomic E-state index is 0.113. The number of nitro benzene ring substituents is 1. The standard InChI is InChI=1S/C28H32N6O5S/c1-38-19-2-3-22-21(15-19)20(6-9-29-22)28(35)25-14-17-7-11-33(25)16-18(17)8-12-40-13-10-30-23-4-5-24(34(36)37)27-26(23)31-39-32-27/h2-6,9,15,17-18,25,28,30,35H,7-8,10-14,16H2,1H3/t17-,18-,25-,28+/m0/s1. The quantitative estimate of drug-likeness (QED) is 0.149. The molecule has 3 fully saturated rings. The molecule has 4 aromatic rings. The fourth-order valence-corrected chi connectivity index (χ4v) is 7.23. The van der Waals surface area contributed by atoms with Gasteiger partial charge < -0.3 is 15.2 Å². The summed E-state index contributed by atoms with van der Waals surface area (Å²) >= 11 is 1.90. The molecule has 3 aliphatic rings. The number of hydrogen-bond acceptors (Lipinski definition) is 11. The Balaban J connectivity index is 0.997. The van der Waals surface area contributed by atoms with Crippen LogP contribution in [0.4, 0.5) is 11.4 Å². The van der Waals surface area contributed by atoms with E-state index in [2.05, 4.69) is 25.5 Å². The number of aliphatic hydroxyl groups excluding tert-OH is 1. The molecule has 210 valence electrons. The van der Waals surface area contributed by atoms with Crippen LogP contribution in [0, 0.1) is 22.0 Å². The molecule has 2 bridgehead atoms. The van der Waals surface area contributed by atoms with Gasteiger partial charge in [-0.3, -0.25) is 20.0 Å². The zero-order valence-electron chi connectivity index (χ0n) is 22.2. The summed E-state index contributed by atoms with van der Waals surface area (Å²) in [6.07, 6.45) is 4.57. The van der Waals surface area contributed by atoms with Crippen molar-refractivity contribution in [2.75, 3.05) is 43.6 Å². The van der Waals surface area contributed by atoms with Crippen LogP contribution < -0.4 is 10.1 Å². The van der Waals surface area contributed by atoms with Gasteiger partial charge in [-0.25, -0.2) is 4.63 Å². The number of hydrogen-bond donors (Lipinski definition) is 2. The first-order chi connectivity index (χ1) is 19.5. The highest BCUT2D eigenvalue weighted by Crippen LogP contribution is 2.43. The van der Waals surface area contributed by atoms with Crippen molar-refractivity contribution in [2.45, 2.75) is 31.4 Å². The summed E-state index contributed by atoms with van der Waals surface area (Å²) in [6.45, 7) is 2.77. The number of non-ortho nitro benzene ring substituents is 1. The topological polar surface area (TPSA) is 140 Å². The van der Waals surface area contributed by atoms with Gasteiger partial charge in [0, 0.05) is 42.5 Å². The highest BCUT2D eigenvalue weighted by molar-refractivity contribution is 7.99. The molecule has 2 aromatic heterocycles. The van der Waals surface area contributed by atoms with Gasteiger partial charge in [0.05, 0.1) is 29.3 Å². The molecule has 2 N–H and O–H groups in total. The molecular formula is C28H32N6O5S. The Morgan fingerprint density at radius 3 is 2.92 bits per heavy atom. The van der Waals surface area contributed by atoms with Gasteiger partial charge >= 0.3 is 5.69 Å². The summed E-state index contributed by atoms with van der Waals surface area (Å²) < 4.78 is 10.2. The van der Waals surface area contributed by atoms with Crippen molar-refractivity contribution in [1.82, 2.24) is 20.2 Å². The van der Waals surface area contributed by atoms with Gasteiger partial charge in [0.15, 0.2) is 5.52 Å². The second-order valence-corrected chi connectivity index (χ2v) is 11.7. The summed E-state index contributed by atoms with van der Waals surface area (Å²) in [6, 6.07) is 11.0. The molecular weight excluding hydrogens is 532 g/mol. The highest BCUT2D eigenvalue weighted by atomic mass is 32.2. The predicted octanol–water partition coefficient (Wildman–Crippen LogP) is 4.67. The molecule has 2 aromatic carbocycles. The summed E-state index contributed by atoms with van der Waals surface area (Å²) in [5, 5.41) is 34.4. The van der Waals surface area contributed by atoms with E-state index < -0.39 is 11.0 Å². The Bertz CT molecular complexity index is 1520. The summed E-state index contributed by atoms with van der Waals surface area (Å²) in [5.74, 6) is 4.01. The maximum Gasteiger partial charge on any atom is 0.300 e. The van der Waals surface area contributed by atoms with Crippen molar-refractivity contribution in [3.05, 3.63) is 58.3 Å². The van der Waals surface area contributed by atoms with E-state index in [4.69, 9.17) is 9.37 Å². The van der Waals surface area contributed by atoms with E-state index in [9.17, 15) is 15.2 Å². The average Bonchev–Trinajstić information content (AvgIpc) is 3.48. The molecule has 0 radical (unpaired) electrons. The van der Waals surface area contributed by atoms with Crippen molar-refractivity contribution in [1.29, 1.82) is 0 Å². The number of thioether (sulfide) groups is 1. The largest absolute Gasteiger partial charge is 0.497 e. The lowest BCUT2D eigenvalue weighted by atomic mass is 9.72. The van der Waals surface area contributed by atoms with Crippen molar-refractivity contribution in [3.8, 4) is 5.75 Å².